The fourth-order valence-electron chi connectivity index (χ4n) is 9.48. The molecule has 2 aromatic carbocycles. The zero-order valence-corrected chi connectivity index (χ0v) is 26.4. The first-order chi connectivity index (χ1) is 22.8. The minimum atomic E-state index is -0.893. The Hall–Kier alpha value is -3.94. The third-order valence-corrected chi connectivity index (χ3v) is 11.6. The Kier molecular flexibility index (Phi) is 6.71. The van der Waals surface area contributed by atoms with Crippen molar-refractivity contribution in [3.05, 3.63) is 53.2 Å². The van der Waals surface area contributed by atoms with Crippen LogP contribution in [-0.4, -0.2) is 75.9 Å². The number of aromatic nitrogens is 3. The Morgan fingerprint density at radius 2 is 1.98 bits per heavy atom. The number of terminal acetylenes is 1. The normalized spacial score (nSPS) is 29.9. The van der Waals surface area contributed by atoms with Crippen molar-refractivity contribution in [2.75, 3.05) is 31.1 Å². The Bertz CT molecular complexity index is 1980. The van der Waals surface area contributed by atoms with Crippen LogP contribution in [0.15, 0.2) is 30.3 Å². The second-order valence-corrected chi connectivity index (χ2v) is 14.3. The minimum absolute atomic E-state index is 0.0744. The highest BCUT2D eigenvalue weighted by Gasteiger charge is 2.50. The molecule has 4 saturated heterocycles. The predicted octanol–water partition coefficient (Wildman–Crippen LogP) is 5.95. The maximum Gasteiger partial charge on any atom is 0.319 e. The number of ether oxygens (including phenoxy) is 1. The topological polar surface area (TPSA) is 66.4 Å². The highest BCUT2D eigenvalue weighted by atomic mass is 19.1. The number of benzene rings is 2. The molecule has 0 aliphatic carbocycles. The molecule has 1 N–H and O–H groups in total. The van der Waals surface area contributed by atoms with Crippen LogP contribution in [0.2, 0.25) is 0 Å². The van der Waals surface area contributed by atoms with Gasteiger partial charge in [-0.1, -0.05) is 37.1 Å². The quantitative estimate of drug-likeness (QED) is 0.277. The molecule has 10 heteroatoms. The summed E-state index contributed by atoms with van der Waals surface area (Å²) in [4.78, 5) is 19.3. The van der Waals surface area contributed by atoms with Crippen LogP contribution in [0.1, 0.15) is 56.7 Å². The average Bonchev–Trinajstić information content (AvgIpc) is 3.73. The molecule has 0 radical (unpaired) electrons. The molecule has 0 unspecified atom stereocenters. The van der Waals surface area contributed by atoms with Crippen molar-refractivity contribution in [3.63, 3.8) is 0 Å². The molecule has 0 amide bonds. The van der Waals surface area contributed by atoms with E-state index in [2.05, 4.69) is 28.0 Å². The summed E-state index contributed by atoms with van der Waals surface area (Å²) < 4.78 is 53.2. The first-order valence-electron chi connectivity index (χ1n) is 17.0. The van der Waals surface area contributed by atoms with Gasteiger partial charge in [-0.15, -0.1) is 6.42 Å². The van der Waals surface area contributed by atoms with Crippen molar-refractivity contribution >= 4 is 27.5 Å². The fraction of sp³-hybridized carbons (Fsp3) is 0.486. The summed E-state index contributed by atoms with van der Waals surface area (Å²) in [6.07, 6.45) is 10.8. The van der Waals surface area contributed by atoms with Gasteiger partial charge in [0.1, 0.15) is 35.6 Å². The summed E-state index contributed by atoms with van der Waals surface area (Å²) in [5.74, 6) is 2.29. The lowest BCUT2D eigenvalue weighted by molar-refractivity contribution is 0.107. The van der Waals surface area contributed by atoms with Crippen molar-refractivity contribution in [1.82, 2.24) is 25.2 Å². The first kappa shape index (κ1) is 29.2. The van der Waals surface area contributed by atoms with Gasteiger partial charge < -0.3 is 15.0 Å². The molecule has 4 aromatic rings. The molecule has 2 aromatic heterocycles. The van der Waals surface area contributed by atoms with E-state index in [-0.39, 0.29) is 35.4 Å². The maximum atomic E-state index is 17.2. The van der Waals surface area contributed by atoms with E-state index in [1.165, 1.54) is 6.07 Å². The predicted molar refractivity (Wildman–Crippen MR) is 175 cm³/mol. The van der Waals surface area contributed by atoms with Crippen molar-refractivity contribution in [1.29, 1.82) is 0 Å². The third kappa shape index (κ3) is 4.46. The van der Waals surface area contributed by atoms with Gasteiger partial charge in [0, 0.05) is 48.6 Å². The van der Waals surface area contributed by atoms with Gasteiger partial charge >= 0.3 is 6.01 Å². The Morgan fingerprint density at radius 1 is 1.09 bits per heavy atom. The summed E-state index contributed by atoms with van der Waals surface area (Å²) in [5.41, 5.74) is 1.02. The molecule has 7 heterocycles. The molecule has 47 heavy (non-hydrogen) atoms. The number of rotatable bonds is 4. The monoisotopic (exact) mass is 638 g/mol. The highest BCUT2D eigenvalue weighted by molar-refractivity contribution is 6.02. The zero-order valence-electron chi connectivity index (χ0n) is 26.4. The van der Waals surface area contributed by atoms with Gasteiger partial charge in [0.15, 0.2) is 5.82 Å². The Labute approximate surface area is 271 Å². The molecule has 5 aliphatic rings. The van der Waals surface area contributed by atoms with Gasteiger partial charge in [0.05, 0.1) is 22.2 Å². The Balaban J connectivity index is 1.26. The lowest BCUT2D eigenvalue weighted by Gasteiger charge is -2.46. The van der Waals surface area contributed by atoms with Gasteiger partial charge in [-0.2, -0.15) is 9.97 Å². The average molecular weight is 639 g/mol. The fourth-order valence-corrected chi connectivity index (χ4v) is 9.48. The Morgan fingerprint density at radius 3 is 2.85 bits per heavy atom. The molecular formula is C37H37F3N6O. The number of halogens is 3. The van der Waals surface area contributed by atoms with Crippen LogP contribution >= 0.6 is 0 Å². The summed E-state index contributed by atoms with van der Waals surface area (Å²) in [5, 5.41) is 5.55. The summed E-state index contributed by atoms with van der Waals surface area (Å²) >= 11 is 0. The van der Waals surface area contributed by atoms with Crippen LogP contribution in [0, 0.1) is 29.9 Å². The third-order valence-electron chi connectivity index (χ3n) is 11.6. The molecule has 5 aliphatic heterocycles. The molecule has 242 valence electrons. The molecule has 2 bridgehead atoms. The number of nitrogens with one attached hydrogen (secondary N) is 1. The second kappa shape index (κ2) is 10.8. The van der Waals surface area contributed by atoms with Crippen LogP contribution < -0.4 is 15.0 Å². The molecule has 7 nitrogen and oxygen atoms in total. The van der Waals surface area contributed by atoms with E-state index in [9.17, 15) is 8.78 Å². The summed E-state index contributed by atoms with van der Waals surface area (Å²) in [6, 6.07) is 9.27. The molecule has 0 saturated carbocycles. The molecule has 4 fully saturated rings. The van der Waals surface area contributed by atoms with Crippen molar-refractivity contribution < 1.29 is 17.9 Å². The maximum absolute atomic E-state index is 17.2. The summed E-state index contributed by atoms with van der Waals surface area (Å²) in [7, 11) is 0. The minimum Gasteiger partial charge on any atom is -0.461 e. The largest absolute Gasteiger partial charge is 0.461 e. The number of fused-ring (bicyclic) bond motifs is 7. The van der Waals surface area contributed by atoms with Crippen LogP contribution in [0.4, 0.5) is 19.0 Å². The van der Waals surface area contributed by atoms with E-state index < -0.39 is 23.3 Å². The summed E-state index contributed by atoms with van der Waals surface area (Å²) in [6.45, 7) is 4.52. The van der Waals surface area contributed by atoms with E-state index in [0.29, 0.717) is 70.6 Å². The number of hydrogen-bond acceptors (Lipinski definition) is 7. The zero-order chi connectivity index (χ0) is 32.0. The van der Waals surface area contributed by atoms with Crippen LogP contribution in [0.3, 0.4) is 0 Å². The highest BCUT2D eigenvalue weighted by Crippen LogP contribution is 2.44. The number of anilines is 1. The molecular weight excluding hydrogens is 601 g/mol. The van der Waals surface area contributed by atoms with Gasteiger partial charge in [0.25, 0.3) is 0 Å². The van der Waals surface area contributed by atoms with Gasteiger partial charge in [-0.3, -0.25) is 4.90 Å². The van der Waals surface area contributed by atoms with Crippen LogP contribution in [0.25, 0.3) is 32.9 Å². The number of nitrogens with zero attached hydrogens (tertiary/aromatic N) is 5. The van der Waals surface area contributed by atoms with Crippen molar-refractivity contribution in [2.24, 2.45) is 5.92 Å². The number of alkyl halides is 1. The standard InChI is InChI=1S/C37H37F3N6O/c1-3-24-26(39)11-9-21-6-4-7-25(29(21)24)32-31(40)33-30-27(42-32)12-8-20(2)34-28-13-10-23(41-28)18-46(34)35(30)44-36(43-33)47-19-37-14-5-15-45(37)17-22(38)16-37/h1,4,6-7,9,11,20,22-23,28,34,41H,5,8,10,12-19H2,2H3/t20-,22+,23+,28-,34-,37-/m0/s1. The van der Waals surface area contributed by atoms with E-state index in [1.54, 1.807) is 18.2 Å². The van der Waals surface area contributed by atoms with Gasteiger partial charge in [-0.25, -0.2) is 18.2 Å². The molecule has 6 atom stereocenters. The number of hydrogen-bond donors (Lipinski definition) is 1. The molecule has 0 spiro atoms. The van der Waals surface area contributed by atoms with Gasteiger partial charge in [0.2, 0.25) is 0 Å². The van der Waals surface area contributed by atoms with E-state index in [0.717, 1.165) is 45.2 Å². The smallest absolute Gasteiger partial charge is 0.319 e. The molecule has 9 rings (SSSR count). The van der Waals surface area contributed by atoms with Gasteiger partial charge in [-0.05, 0) is 62.4 Å². The van der Waals surface area contributed by atoms with E-state index in [1.807, 2.05) is 6.07 Å². The number of pyridine rings is 1. The number of aryl methyl sites for hydroxylation is 1. The lowest BCUT2D eigenvalue weighted by Crippen LogP contribution is -2.61. The van der Waals surface area contributed by atoms with Crippen LogP contribution in [-0.2, 0) is 6.42 Å². The van der Waals surface area contributed by atoms with E-state index in [4.69, 9.17) is 26.1 Å². The SMILES string of the molecule is C#Cc1c(F)ccc2cccc(-c3nc4c5c(nc(OC[C@@]67CCCN6C[C@H](F)C7)nc5c3F)N3C[C@H]5CC[C@H](N5)[C@@H]3[C@@H](C)CC4)c12. The first-order valence-corrected chi connectivity index (χ1v) is 17.0. The lowest BCUT2D eigenvalue weighted by atomic mass is 9.85. The van der Waals surface area contributed by atoms with Crippen molar-refractivity contribution in [2.45, 2.75) is 81.7 Å². The number of piperazine rings is 1. The van der Waals surface area contributed by atoms with Crippen LogP contribution in [0.5, 0.6) is 6.01 Å². The van der Waals surface area contributed by atoms with E-state index >= 15 is 4.39 Å². The second-order valence-electron chi connectivity index (χ2n) is 14.3. The van der Waals surface area contributed by atoms with Crippen molar-refractivity contribution in [3.8, 4) is 29.6 Å².